The number of hydrogen-bond acceptors (Lipinski definition) is 7. The molecule has 0 unspecified atom stereocenters. The van der Waals surface area contributed by atoms with Gasteiger partial charge in [-0.3, -0.25) is 9.69 Å². The van der Waals surface area contributed by atoms with Crippen LogP contribution in [-0.2, 0) is 14.6 Å². The minimum atomic E-state index is -3.84. The number of aromatic nitrogens is 1. The number of nitrogens with one attached hydrogen (secondary N) is 1. The number of thiazole rings is 1. The van der Waals surface area contributed by atoms with Gasteiger partial charge in [0, 0.05) is 45.3 Å². The van der Waals surface area contributed by atoms with E-state index in [1.807, 2.05) is 4.90 Å². The van der Waals surface area contributed by atoms with Crippen molar-refractivity contribution in [3.05, 3.63) is 53.8 Å². The van der Waals surface area contributed by atoms with Crippen molar-refractivity contribution in [2.45, 2.75) is 4.90 Å². The minimum Gasteiger partial charge on any atom is -0.354 e. The van der Waals surface area contributed by atoms with Gasteiger partial charge in [-0.05, 0) is 30.3 Å². The lowest BCUT2D eigenvalue weighted by Crippen LogP contribution is -2.48. The van der Waals surface area contributed by atoms with Gasteiger partial charge >= 0.3 is 0 Å². The monoisotopic (exact) mass is 498 g/mol. The van der Waals surface area contributed by atoms with Crippen LogP contribution < -0.4 is 10.2 Å². The van der Waals surface area contributed by atoms with E-state index >= 15 is 0 Å². The summed E-state index contributed by atoms with van der Waals surface area (Å²) in [6, 6.07) is 6.43. The number of fused-ring (bicyclic) bond motifs is 1. The molecule has 1 aromatic heterocycles. The normalized spacial score (nSPS) is 15.2. The zero-order chi connectivity index (χ0) is 23.6. The van der Waals surface area contributed by atoms with Gasteiger partial charge in [-0.1, -0.05) is 11.3 Å². The quantitative estimate of drug-likeness (QED) is 0.504. The van der Waals surface area contributed by atoms with Crippen molar-refractivity contribution in [3.63, 3.8) is 0 Å². The number of carbonyl (C=O) groups is 1. The molecule has 1 N–H and O–H groups in total. The van der Waals surface area contributed by atoms with Crippen LogP contribution in [0.15, 0.2) is 41.3 Å². The molecule has 1 aliphatic rings. The SMILES string of the molecule is O=C(CS(=O)(=O)c1ccc(F)cc1)NCCN1CCN(c2nc3c(F)cc(F)cc3s2)CC1. The molecule has 0 spiro atoms. The Kier molecular flexibility index (Phi) is 6.86. The van der Waals surface area contributed by atoms with Crippen LogP contribution in [0.2, 0.25) is 0 Å². The van der Waals surface area contributed by atoms with Gasteiger partial charge in [0.1, 0.15) is 22.9 Å². The van der Waals surface area contributed by atoms with E-state index in [2.05, 4.69) is 15.2 Å². The van der Waals surface area contributed by atoms with Gasteiger partial charge in [-0.25, -0.2) is 26.6 Å². The zero-order valence-electron chi connectivity index (χ0n) is 17.4. The number of rotatable bonds is 7. The molecular weight excluding hydrogens is 477 g/mol. The second-order valence-electron chi connectivity index (χ2n) is 7.62. The van der Waals surface area contributed by atoms with Crippen molar-refractivity contribution in [2.75, 3.05) is 49.9 Å². The van der Waals surface area contributed by atoms with Crippen molar-refractivity contribution in [2.24, 2.45) is 0 Å². The number of halogens is 3. The molecule has 176 valence electrons. The van der Waals surface area contributed by atoms with Crippen LogP contribution in [0.4, 0.5) is 18.3 Å². The summed E-state index contributed by atoms with van der Waals surface area (Å²) in [5.41, 5.74) is 0.164. The van der Waals surface area contributed by atoms with Gasteiger partial charge in [0.15, 0.2) is 20.8 Å². The first-order valence-electron chi connectivity index (χ1n) is 10.2. The number of nitrogens with zero attached hydrogens (tertiary/aromatic N) is 3. The first kappa shape index (κ1) is 23.5. The Labute approximate surface area is 192 Å². The predicted molar refractivity (Wildman–Crippen MR) is 120 cm³/mol. The van der Waals surface area contributed by atoms with Crippen LogP contribution >= 0.6 is 11.3 Å². The summed E-state index contributed by atoms with van der Waals surface area (Å²) in [5, 5.41) is 3.24. The molecule has 4 rings (SSSR count). The second-order valence-corrected chi connectivity index (χ2v) is 10.6. The molecule has 2 aromatic carbocycles. The zero-order valence-corrected chi connectivity index (χ0v) is 19.1. The molecule has 33 heavy (non-hydrogen) atoms. The van der Waals surface area contributed by atoms with Gasteiger partial charge in [0.25, 0.3) is 0 Å². The molecule has 0 aliphatic carbocycles. The summed E-state index contributed by atoms with van der Waals surface area (Å²) in [5.74, 6) is -3.19. The van der Waals surface area contributed by atoms with E-state index in [9.17, 15) is 26.4 Å². The number of hydrogen-bond donors (Lipinski definition) is 1. The molecule has 2 heterocycles. The van der Waals surface area contributed by atoms with Gasteiger partial charge in [-0.2, -0.15) is 0 Å². The lowest BCUT2D eigenvalue weighted by molar-refractivity contribution is -0.118. The van der Waals surface area contributed by atoms with E-state index in [1.54, 1.807) is 0 Å². The smallest absolute Gasteiger partial charge is 0.235 e. The van der Waals surface area contributed by atoms with Crippen molar-refractivity contribution in [1.82, 2.24) is 15.2 Å². The molecule has 1 amide bonds. The van der Waals surface area contributed by atoms with E-state index in [1.165, 1.54) is 17.4 Å². The Morgan fingerprint density at radius 2 is 1.73 bits per heavy atom. The van der Waals surface area contributed by atoms with E-state index in [-0.39, 0.29) is 17.0 Å². The molecule has 12 heteroatoms. The van der Waals surface area contributed by atoms with E-state index < -0.39 is 38.9 Å². The molecule has 1 aliphatic heterocycles. The van der Waals surface area contributed by atoms with Crippen LogP contribution in [0, 0.1) is 17.5 Å². The first-order chi connectivity index (χ1) is 15.7. The lowest BCUT2D eigenvalue weighted by atomic mass is 10.3. The molecule has 0 atom stereocenters. The maximum absolute atomic E-state index is 13.9. The van der Waals surface area contributed by atoms with E-state index in [0.29, 0.717) is 42.6 Å². The number of benzene rings is 2. The Morgan fingerprint density at radius 1 is 1.03 bits per heavy atom. The Balaban J connectivity index is 1.23. The average molecular weight is 499 g/mol. The molecule has 1 fully saturated rings. The van der Waals surface area contributed by atoms with Crippen LogP contribution in [0.3, 0.4) is 0 Å². The summed E-state index contributed by atoms with van der Waals surface area (Å²) < 4.78 is 65.2. The molecule has 7 nitrogen and oxygen atoms in total. The summed E-state index contributed by atoms with van der Waals surface area (Å²) in [7, 11) is -3.84. The molecular formula is C21H21F3N4O3S2. The number of carbonyl (C=O) groups excluding carboxylic acids is 1. The summed E-state index contributed by atoms with van der Waals surface area (Å²) in [6.07, 6.45) is 0. The maximum atomic E-state index is 13.9. The van der Waals surface area contributed by atoms with Crippen LogP contribution in [0.5, 0.6) is 0 Å². The van der Waals surface area contributed by atoms with Gasteiger partial charge in [0.2, 0.25) is 5.91 Å². The molecule has 1 saturated heterocycles. The minimum absolute atomic E-state index is 0.104. The summed E-state index contributed by atoms with van der Waals surface area (Å²) >= 11 is 1.24. The maximum Gasteiger partial charge on any atom is 0.235 e. The van der Waals surface area contributed by atoms with Crippen LogP contribution in [0.25, 0.3) is 10.2 Å². The standard InChI is InChI=1S/C21H21F3N4O3S2/c22-14-1-3-16(4-2-14)33(30,31)13-19(29)25-5-6-27-7-9-28(10-8-27)21-26-20-17(24)11-15(23)12-18(20)32-21/h1-4,11-12H,5-10,13H2,(H,25,29). The first-order valence-corrected chi connectivity index (χ1v) is 12.7. The van der Waals surface area contributed by atoms with Gasteiger partial charge in [-0.15, -0.1) is 0 Å². The number of piperazine rings is 1. The number of anilines is 1. The van der Waals surface area contributed by atoms with Gasteiger partial charge in [0.05, 0.1) is 9.60 Å². The lowest BCUT2D eigenvalue weighted by Gasteiger charge is -2.34. The summed E-state index contributed by atoms with van der Waals surface area (Å²) in [4.78, 5) is 20.4. The molecule has 0 bridgehead atoms. The van der Waals surface area contributed by atoms with E-state index in [0.717, 1.165) is 30.3 Å². The number of amides is 1. The third-order valence-electron chi connectivity index (χ3n) is 5.29. The fraction of sp³-hybridized carbons (Fsp3) is 0.333. The Bertz CT molecular complexity index is 1260. The van der Waals surface area contributed by atoms with Crippen LogP contribution in [-0.4, -0.2) is 69.2 Å². The molecule has 0 saturated carbocycles. The Hall–Kier alpha value is -2.70. The highest BCUT2D eigenvalue weighted by Gasteiger charge is 2.22. The largest absolute Gasteiger partial charge is 0.354 e. The average Bonchev–Trinajstić information content (AvgIpc) is 3.18. The fourth-order valence-corrected chi connectivity index (χ4v) is 5.77. The summed E-state index contributed by atoms with van der Waals surface area (Å²) in [6.45, 7) is 3.44. The van der Waals surface area contributed by atoms with Crippen molar-refractivity contribution < 1.29 is 26.4 Å². The topological polar surface area (TPSA) is 82.6 Å². The highest BCUT2D eigenvalue weighted by atomic mass is 32.2. The van der Waals surface area contributed by atoms with E-state index in [4.69, 9.17) is 0 Å². The third kappa shape index (κ3) is 5.63. The molecule has 0 radical (unpaired) electrons. The molecule has 3 aromatic rings. The fourth-order valence-electron chi connectivity index (χ4n) is 3.55. The van der Waals surface area contributed by atoms with Crippen molar-refractivity contribution in [3.8, 4) is 0 Å². The second kappa shape index (κ2) is 9.65. The van der Waals surface area contributed by atoms with Crippen molar-refractivity contribution in [1.29, 1.82) is 0 Å². The van der Waals surface area contributed by atoms with Gasteiger partial charge < -0.3 is 10.2 Å². The Morgan fingerprint density at radius 3 is 2.42 bits per heavy atom. The van der Waals surface area contributed by atoms with Crippen molar-refractivity contribution >= 4 is 42.4 Å². The van der Waals surface area contributed by atoms with Crippen LogP contribution in [0.1, 0.15) is 0 Å². The number of sulfone groups is 1. The highest BCUT2D eigenvalue weighted by Crippen LogP contribution is 2.31. The highest BCUT2D eigenvalue weighted by molar-refractivity contribution is 7.92. The predicted octanol–water partition coefficient (Wildman–Crippen LogP) is 2.43. The third-order valence-corrected chi connectivity index (χ3v) is 7.98.